The Morgan fingerprint density at radius 1 is 1.06 bits per heavy atom. The van der Waals surface area contributed by atoms with Crippen LogP contribution in [0.1, 0.15) is 73.6 Å². The van der Waals surface area contributed by atoms with Gasteiger partial charge in [-0.15, -0.1) is 0 Å². The quantitative estimate of drug-likeness (QED) is 0.451. The molecule has 2 rings (SSSR count). The number of hydrogen-bond acceptors (Lipinski definition) is 5. The molecule has 0 aliphatic carbocycles. The van der Waals surface area contributed by atoms with E-state index in [1.54, 1.807) is 0 Å². The first-order valence-corrected chi connectivity index (χ1v) is 15.0. The molecule has 2 fully saturated rings. The molecule has 0 bridgehead atoms. The summed E-state index contributed by atoms with van der Waals surface area (Å²) in [5.74, 6) is 0.776. The third-order valence-corrected chi connectivity index (χ3v) is 11.4. The summed E-state index contributed by atoms with van der Waals surface area (Å²) in [7, 11) is -1.80. The molecule has 6 nitrogen and oxygen atoms in total. The standard InChI is InChI=1S/C24H47NO5Si/c1-23(2,3)30-22(26)25-14-12-20(18-29-31(7,8)24(4,5)6)19(17-25)13-16-28-21-11-9-10-15-27-21/h19-21H,9-18H2,1-8H3/t19-,20+,21?/m0/s1. The molecule has 0 aromatic heterocycles. The van der Waals surface area contributed by atoms with Crippen molar-refractivity contribution in [1.29, 1.82) is 0 Å². The smallest absolute Gasteiger partial charge is 0.410 e. The first-order chi connectivity index (χ1) is 14.3. The van der Waals surface area contributed by atoms with E-state index in [4.69, 9.17) is 18.6 Å². The molecule has 0 saturated carbocycles. The maximum Gasteiger partial charge on any atom is 0.410 e. The highest BCUT2D eigenvalue weighted by Crippen LogP contribution is 2.38. The number of nitrogens with zero attached hydrogens (tertiary/aromatic N) is 1. The van der Waals surface area contributed by atoms with Crippen LogP contribution in [-0.2, 0) is 18.6 Å². The summed E-state index contributed by atoms with van der Waals surface area (Å²) in [5, 5.41) is 0.196. The summed E-state index contributed by atoms with van der Waals surface area (Å²) in [6, 6.07) is 0. The average molecular weight is 458 g/mol. The minimum Gasteiger partial charge on any atom is -0.444 e. The Hall–Kier alpha value is -0.633. The zero-order chi connectivity index (χ0) is 23.3. The van der Waals surface area contributed by atoms with Crippen LogP contribution in [0, 0.1) is 11.8 Å². The maximum absolute atomic E-state index is 12.7. The van der Waals surface area contributed by atoms with Gasteiger partial charge in [-0.05, 0) is 82.8 Å². The molecule has 0 spiro atoms. The van der Waals surface area contributed by atoms with Crippen molar-refractivity contribution < 1.29 is 23.4 Å². The highest BCUT2D eigenvalue weighted by atomic mass is 28.4. The van der Waals surface area contributed by atoms with Gasteiger partial charge in [0.2, 0.25) is 0 Å². The van der Waals surface area contributed by atoms with Gasteiger partial charge in [-0.25, -0.2) is 4.79 Å². The minimum absolute atomic E-state index is 0.0683. The molecule has 0 radical (unpaired) electrons. The summed E-state index contributed by atoms with van der Waals surface area (Å²) in [6.45, 7) is 20.8. The average Bonchev–Trinajstić information content (AvgIpc) is 2.65. The van der Waals surface area contributed by atoms with E-state index in [0.29, 0.717) is 25.0 Å². The van der Waals surface area contributed by atoms with Gasteiger partial charge in [0.1, 0.15) is 5.60 Å². The second-order valence-electron chi connectivity index (χ2n) is 11.8. The number of carbonyl (C=O) groups excluding carboxylic acids is 1. The lowest BCUT2D eigenvalue weighted by Gasteiger charge is -2.42. The van der Waals surface area contributed by atoms with Crippen molar-refractivity contribution in [1.82, 2.24) is 4.90 Å². The van der Waals surface area contributed by atoms with Gasteiger partial charge >= 0.3 is 6.09 Å². The van der Waals surface area contributed by atoms with E-state index in [1.807, 2.05) is 25.7 Å². The van der Waals surface area contributed by atoms with Crippen LogP contribution in [0.15, 0.2) is 0 Å². The van der Waals surface area contributed by atoms with Crippen molar-refractivity contribution in [2.45, 2.75) is 104 Å². The van der Waals surface area contributed by atoms with Gasteiger partial charge in [0, 0.05) is 26.3 Å². The number of ether oxygens (including phenoxy) is 3. The third kappa shape index (κ3) is 8.67. The van der Waals surface area contributed by atoms with E-state index in [-0.39, 0.29) is 17.4 Å². The fraction of sp³-hybridized carbons (Fsp3) is 0.958. The molecule has 3 atom stereocenters. The van der Waals surface area contributed by atoms with Gasteiger partial charge in [0.05, 0.1) is 6.61 Å². The van der Waals surface area contributed by atoms with Gasteiger partial charge in [0.25, 0.3) is 0 Å². The van der Waals surface area contributed by atoms with E-state index in [1.165, 1.54) is 6.42 Å². The molecule has 182 valence electrons. The Labute approximate surface area is 191 Å². The first kappa shape index (κ1) is 26.6. The molecule has 1 unspecified atom stereocenters. The molecule has 0 aromatic carbocycles. The first-order valence-electron chi connectivity index (χ1n) is 12.1. The van der Waals surface area contributed by atoms with Crippen LogP contribution in [0.3, 0.4) is 0 Å². The SMILES string of the molecule is CC(C)(C)OC(=O)N1CC[C@H](CO[Si](C)(C)C(C)(C)C)[C@@H](CCOC2CCCCO2)C1. The largest absolute Gasteiger partial charge is 0.444 e. The Balaban J connectivity index is 1.96. The summed E-state index contributed by atoms with van der Waals surface area (Å²) in [4.78, 5) is 14.5. The second kappa shape index (κ2) is 11.0. The molecule has 0 N–H and O–H groups in total. The molecule has 7 heteroatoms. The monoisotopic (exact) mass is 457 g/mol. The van der Waals surface area contributed by atoms with Crippen LogP contribution in [0.2, 0.25) is 18.1 Å². The highest BCUT2D eigenvalue weighted by molar-refractivity contribution is 6.74. The molecular formula is C24H47NO5Si. The van der Waals surface area contributed by atoms with Gasteiger partial charge in [-0.2, -0.15) is 0 Å². The van der Waals surface area contributed by atoms with E-state index < -0.39 is 13.9 Å². The van der Waals surface area contributed by atoms with Crippen LogP contribution >= 0.6 is 0 Å². The summed E-state index contributed by atoms with van der Waals surface area (Å²) in [6.07, 6.45) is 4.85. The predicted octanol–water partition coefficient (Wildman–Crippen LogP) is 5.81. The van der Waals surface area contributed by atoms with Crippen molar-refractivity contribution in [3.05, 3.63) is 0 Å². The fourth-order valence-electron chi connectivity index (χ4n) is 3.84. The number of likely N-dealkylation sites (tertiary alicyclic amines) is 1. The summed E-state index contributed by atoms with van der Waals surface area (Å²) in [5.41, 5.74) is -0.476. The molecule has 31 heavy (non-hydrogen) atoms. The molecule has 2 heterocycles. The molecule has 1 amide bonds. The van der Waals surface area contributed by atoms with Crippen molar-refractivity contribution >= 4 is 14.4 Å². The molecule has 2 saturated heterocycles. The maximum atomic E-state index is 12.7. The topological polar surface area (TPSA) is 57.2 Å². The number of piperidine rings is 1. The summed E-state index contributed by atoms with van der Waals surface area (Å²) < 4.78 is 23.9. The van der Waals surface area contributed by atoms with Gasteiger partial charge in [-0.3, -0.25) is 0 Å². The van der Waals surface area contributed by atoms with Crippen molar-refractivity contribution in [3.63, 3.8) is 0 Å². The zero-order valence-electron chi connectivity index (χ0n) is 21.3. The lowest BCUT2D eigenvalue weighted by atomic mass is 9.84. The summed E-state index contributed by atoms with van der Waals surface area (Å²) >= 11 is 0. The Morgan fingerprint density at radius 2 is 1.77 bits per heavy atom. The molecular weight excluding hydrogens is 410 g/mol. The lowest BCUT2D eigenvalue weighted by Crippen LogP contribution is -2.49. The second-order valence-corrected chi connectivity index (χ2v) is 16.6. The molecule has 0 aromatic rings. The van der Waals surface area contributed by atoms with Crippen LogP contribution in [-0.4, -0.2) is 64.1 Å². The Morgan fingerprint density at radius 3 is 2.35 bits per heavy atom. The van der Waals surface area contributed by atoms with Gasteiger partial charge < -0.3 is 23.5 Å². The Bertz CT molecular complexity index is 563. The van der Waals surface area contributed by atoms with E-state index in [0.717, 1.165) is 45.4 Å². The number of rotatable bonds is 7. The lowest BCUT2D eigenvalue weighted by molar-refractivity contribution is -0.165. The minimum atomic E-state index is -1.80. The van der Waals surface area contributed by atoms with Crippen molar-refractivity contribution in [2.75, 3.05) is 32.9 Å². The van der Waals surface area contributed by atoms with Crippen LogP contribution in [0.5, 0.6) is 0 Å². The van der Waals surface area contributed by atoms with Gasteiger partial charge in [0.15, 0.2) is 14.6 Å². The van der Waals surface area contributed by atoms with E-state index in [2.05, 4.69) is 33.9 Å². The normalized spacial score (nSPS) is 26.1. The van der Waals surface area contributed by atoms with Crippen LogP contribution < -0.4 is 0 Å². The number of amides is 1. The highest BCUT2D eigenvalue weighted by Gasteiger charge is 2.40. The van der Waals surface area contributed by atoms with Crippen LogP contribution in [0.25, 0.3) is 0 Å². The van der Waals surface area contributed by atoms with Gasteiger partial charge in [-0.1, -0.05) is 20.8 Å². The van der Waals surface area contributed by atoms with E-state index in [9.17, 15) is 4.79 Å². The van der Waals surface area contributed by atoms with Crippen LogP contribution in [0.4, 0.5) is 4.79 Å². The predicted molar refractivity (Wildman–Crippen MR) is 127 cm³/mol. The number of hydrogen-bond donors (Lipinski definition) is 0. The zero-order valence-corrected chi connectivity index (χ0v) is 22.3. The molecule has 2 aliphatic heterocycles. The molecule has 2 aliphatic rings. The van der Waals surface area contributed by atoms with Crippen molar-refractivity contribution in [2.24, 2.45) is 11.8 Å². The number of carbonyl (C=O) groups is 1. The fourth-order valence-corrected chi connectivity index (χ4v) is 4.91. The third-order valence-electron chi connectivity index (χ3n) is 6.94. The van der Waals surface area contributed by atoms with Crippen molar-refractivity contribution in [3.8, 4) is 0 Å². The Kier molecular flexibility index (Phi) is 9.44. The van der Waals surface area contributed by atoms with E-state index >= 15 is 0 Å².